The highest BCUT2D eigenvalue weighted by atomic mass is 16.5. The third-order valence-corrected chi connectivity index (χ3v) is 2.40. The number of nitrogens with one attached hydrogen (secondary N) is 1. The first-order chi connectivity index (χ1) is 6.17. The van der Waals surface area contributed by atoms with Crippen LogP contribution in [0.4, 0.5) is 4.79 Å². The molecule has 1 fully saturated rings. The number of alkyl carbamates (subject to hydrolysis) is 1. The average Bonchev–Trinajstić information content (AvgIpc) is 2.46. The molecule has 3 atom stereocenters. The molecule has 5 heteroatoms. The zero-order valence-corrected chi connectivity index (χ0v) is 7.56. The van der Waals surface area contributed by atoms with Gasteiger partial charge in [-0.1, -0.05) is 0 Å². The van der Waals surface area contributed by atoms with E-state index >= 15 is 0 Å². The molecule has 3 N–H and O–H groups in total. The Kier molecular flexibility index (Phi) is 3.50. The van der Waals surface area contributed by atoms with E-state index in [9.17, 15) is 9.90 Å². The summed E-state index contributed by atoms with van der Waals surface area (Å²) in [5.74, 6) is -0.123. The largest absolute Gasteiger partial charge is 0.453 e. The Balaban J connectivity index is 2.35. The predicted molar refractivity (Wildman–Crippen MR) is 45.1 cm³/mol. The Hall–Kier alpha value is -0.810. The fourth-order valence-electron chi connectivity index (χ4n) is 1.64. The van der Waals surface area contributed by atoms with Gasteiger partial charge in [0.1, 0.15) is 0 Å². The van der Waals surface area contributed by atoms with Crippen LogP contribution in [0.5, 0.6) is 0 Å². The molecule has 0 bridgehead atoms. The lowest BCUT2D eigenvalue weighted by atomic mass is 10.1. The van der Waals surface area contributed by atoms with Crippen LogP contribution in [0.1, 0.15) is 12.8 Å². The molecule has 5 nitrogen and oxygen atoms in total. The molecule has 1 aliphatic rings. The van der Waals surface area contributed by atoms with E-state index in [-0.39, 0.29) is 18.6 Å². The maximum Gasteiger partial charge on any atom is 0.407 e. The van der Waals surface area contributed by atoms with Crippen molar-refractivity contribution >= 4 is 6.09 Å². The van der Waals surface area contributed by atoms with Gasteiger partial charge in [-0.05, 0) is 12.8 Å². The number of aliphatic hydroxyl groups excluding tert-OH is 2. The Morgan fingerprint density at radius 1 is 1.62 bits per heavy atom. The Bertz CT molecular complexity index is 185. The van der Waals surface area contributed by atoms with Crippen LogP contribution in [0, 0.1) is 5.92 Å². The molecule has 76 valence electrons. The van der Waals surface area contributed by atoms with E-state index in [0.29, 0.717) is 12.8 Å². The zero-order valence-electron chi connectivity index (χ0n) is 7.56. The molecule has 1 amide bonds. The lowest BCUT2D eigenvalue weighted by molar-refractivity contribution is 0.0907. The molecule has 0 radical (unpaired) electrons. The number of methoxy groups -OCH3 is 1. The average molecular weight is 189 g/mol. The number of rotatable bonds is 2. The first-order valence-electron chi connectivity index (χ1n) is 4.30. The molecule has 0 saturated heterocycles. The topological polar surface area (TPSA) is 78.8 Å². The van der Waals surface area contributed by atoms with Crippen LogP contribution in [-0.4, -0.2) is 42.2 Å². The highest BCUT2D eigenvalue weighted by molar-refractivity contribution is 5.67. The first kappa shape index (κ1) is 10.3. The number of carbonyl (C=O) groups is 1. The fourth-order valence-corrected chi connectivity index (χ4v) is 1.64. The van der Waals surface area contributed by atoms with Crippen molar-refractivity contribution in [2.75, 3.05) is 13.7 Å². The summed E-state index contributed by atoms with van der Waals surface area (Å²) in [6.07, 6.45) is 0.0792. The number of hydrogen-bond donors (Lipinski definition) is 3. The second-order valence-corrected chi connectivity index (χ2v) is 3.31. The molecule has 0 aromatic carbocycles. The molecule has 0 aromatic heterocycles. The minimum atomic E-state index is -0.521. The monoisotopic (exact) mass is 189 g/mol. The smallest absolute Gasteiger partial charge is 0.407 e. The van der Waals surface area contributed by atoms with Crippen LogP contribution < -0.4 is 5.32 Å². The van der Waals surface area contributed by atoms with Gasteiger partial charge >= 0.3 is 6.09 Å². The molecular formula is C8H15NO4. The van der Waals surface area contributed by atoms with Gasteiger partial charge in [0.25, 0.3) is 0 Å². The summed E-state index contributed by atoms with van der Waals surface area (Å²) in [7, 11) is 1.30. The highest BCUT2D eigenvalue weighted by Gasteiger charge is 2.33. The lowest BCUT2D eigenvalue weighted by Crippen LogP contribution is -2.33. The molecule has 13 heavy (non-hydrogen) atoms. The third-order valence-electron chi connectivity index (χ3n) is 2.40. The van der Waals surface area contributed by atoms with Gasteiger partial charge in [-0.3, -0.25) is 0 Å². The first-order valence-corrected chi connectivity index (χ1v) is 4.30. The molecule has 1 aliphatic carbocycles. The van der Waals surface area contributed by atoms with E-state index in [4.69, 9.17) is 5.11 Å². The summed E-state index contributed by atoms with van der Waals surface area (Å²) in [5, 5.41) is 20.8. The SMILES string of the molecule is COC(=O)N[C@@H]1C[C@H](CO)[C@@H](O)C1. The maximum atomic E-state index is 10.8. The number of carbonyl (C=O) groups excluding carboxylic acids is 1. The van der Waals surface area contributed by atoms with Gasteiger partial charge in [0.05, 0.1) is 13.2 Å². The lowest BCUT2D eigenvalue weighted by Gasteiger charge is -2.10. The maximum absolute atomic E-state index is 10.8. The number of ether oxygens (including phenoxy) is 1. The Labute approximate surface area is 76.7 Å². The molecule has 0 heterocycles. The summed E-state index contributed by atoms with van der Waals surface area (Å²) in [4.78, 5) is 10.8. The number of amides is 1. The van der Waals surface area contributed by atoms with Gasteiger partial charge in [-0.2, -0.15) is 0 Å². The summed E-state index contributed by atoms with van der Waals surface area (Å²) < 4.78 is 4.42. The van der Waals surface area contributed by atoms with Gasteiger partial charge < -0.3 is 20.3 Å². The number of aliphatic hydroxyl groups is 2. The zero-order chi connectivity index (χ0) is 9.84. The van der Waals surface area contributed by atoms with E-state index in [0.717, 1.165) is 0 Å². The molecule has 1 saturated carbocycles. The van der Waals surface area contributed by atoms with Gasteiger partial charge in [0.15, 0.2) is 0 Å². The van der Waals surface area contributed by atoms with Crippen molar-refractivity contribution in [3.63, 3.8) is 0 Å². The third kappa shape index (κ3) is 2.57. The summed E-state index contributed by atoms with van der Waals surface area (Å²) in [6, 6.07) is -0.0837. The Morgan fingerprint density at radius 3 is 2.77 bits per heavy atom. The van der Waals surface area contributed by atoms with Crippen LogP contribution in [0.15, 0.2) is 0 Å². The van der Waals surface area contributed by atoms with E-state index in [1.165, 1.54) is 7.11 Å². The van der Waals surface area contributed by atoms with Crippen LogP contribution in [0.2, 0.25) is 0 Å². The van der Waals surface area contributed by atoms with Crippen LogP contribution in [0.3, 0.4) is 0 Å². The second-order valence-electron chi connectivity index (χ2n) is 3.31. The summed E-state index contributed by atoms with van der Waals surface area (Å²) in [6.45, 7) is -0.0412. The fraction of sp³-hybridized carbons (Fsp3) is 0.875. The van der Waals surface area contributed by atoms with Crippen molar-refractivity contribution in [2.24, 2.45) is 5.92 Å². The van der Waals surface area contributed by atoms with E-state index in [1.807, 2.05) is 0 Å². The minimum Gasteiger partial charge on any atom is -0.453 e. The molecule has 0 aromatic rings. The van der Waals surface area contributed by atoms with Crippen molar-refractivity contribution in [3.8, 4) is 0 Å². The Morgan fingerprint density at radius 2 is 2.31 bits per heavy atom. The van der Waals surface area contributed by atoms with Gasteiger partial charge in [-0.15, -0.1) is 0 Å². The van der Waals surface area contributed by atoms with Gasteiger partial charge in [-0.25, -0.2) is 4.79 Å². The molecule has 0 spiro atoms. The number of hydrogen-bond acceptors (Lipinski definition) is 4. The van der Waals surface area contributed by atoms with Crippen molar-refractivity contribution in [1.82, 2.24) is 5.32 Å². The van der Waals surface area contributed by atoms with Gasteiger partial charge in [0, 0.05) is 18.6 Å². The highest BCUT2D eigenvalue weighted by Crippen LogP contribution is 2.25. The molecule has 0 unspecified atom stereocenters. The van der Waals surface area contributed by atoms with Crippen LogP contribution >= 0.6 is 0 Å². The molecule has 1 rings (SSSR count). The van der Waals surface area contributed by atoms with Crippen molar-refractivity contribution in [2.45, 2.75) is 25.0 Å². The van der Waals surface area contributed by atoms with Crippen molar-refractivity contribution in [3.05, 3.63) is 0 Å². The molecular weight excluding hydrogens is 174 g/mol. The van der Waals surface area contributed by atoms with E-state index in [1.54, 1.807) is 0 Å². The van der Waals surface area contributed by atoms with Crippen molar-refractivity contribution < 1.29 is 19.7 Å². The normalized spacial score (nSPS) is 33.0. The summed E-state index contributed by atoms with van der Waals surface area (Å²) in [5.41, 5.74) is 0. The predicted octanol–water partition coefficient (Wildman–Crippen LogP) is -0.526. The summed E-state index contributed by atoms with van der Waals surface area (Å²) >= 11 is 0. The quantitative estimate of drug-likeness (QED) is 0.546. The van der Waals surface area contributed by atoms with Crippen molar-refractivity contribution in [1.29, 1.82) is 0 Å². The molecule has 0 aliphatic heterocycles. The van der Waals surface area contributed by atoms with E-state index in [2.05, 4.69) is 10.1 Å². The van der Waals surface area contributed by atoms with E-state index < -0.39 is 12.2 Å². The van der Waals surface area contributed by atoms with Crippen LogP contribution in [-0.2, 0) is 4.74 Å². The minimum absolute atomic E-state index is 0.0412. The van der Waals surface area contributed by atoms with Crippen LogP contribution in [0.25, 0.3) is 0 Å². The second kappa shape index (κ2) is 4.43. The standard InChI is InChI=1S/C8H15NO4/c1-13-8(12)9-6-2-5(4-10)7(11)3-6/h5-7,10-11H,2-4H2,1H3,(H,9,12)/t5-,6-,7+/m1/s1. The van der Waals surface area contributed by atoms with Gasteiger partial charge in [0.2, 0.25) is 0 Å².